The van der Waals surface area contributed by atoms with Gasteiger partial charge in [-0.05, 0) is 6.92 Å². The van der Waals surface area contributed by atoms with E-state index < -0.39 is 55.0 Å². The van der Waals surface area contributed by atoms with Crippen LogP contribution in [-0.2, 0) is 29.6 Å². The number of ether oxygens (including phenoxy) is 1. The second kappa shape index (κ2) is 11.1. The first kappa shape index (κ1) is 35.5. The zero-order valence-corrected chi connectivity index (χ0v) is 19.7. The van der Waals surface area contributed by atoms with E-state index in [2.05, 4.69) is 6.58 Å². The van der Waals surface area contributed by atoms with E-state index in [1.807, 2.05) is 21.1 Å². The van der Waals surface area contributed by atoms with Gasteiger partial charge in [-0.25, -0.2) is 21.6 Å². The van der Waals surface area contributed by atoms with Gasteiger partial charge < -0.3 is 18.5 Å². The number of hydrogen-bond acceptors (Lipinski definition) is 7. The summed E-state index contributed by atoms with van der Waals surface area (Å²) in [4.78, 5) is 11.0. The fraction of sp³-hybridized carbons (Fsp3) is 0.786. The molecule has 0 heterocycles. The molecule has 1 unspecified atom stereocenters. The van der Waals surface area contributed by atoms with Crippen molar-refractivity contribution in [2.75, 3.05) is 34.3 Å². The first-order valence-electron chi connectivity index (χ1n) is 8.36. The van der Waals surface area contributed by atoms with Crippen molar-refractivity contribution in [3.8, 4) is 0 Å². The van der Waals surface area contributed by atoms with E-state index >= 15 is 0 Å². The standard InChI is InChI=1S/C10H20NO3.C4F10NO4S2/c1-8(2)10(13)14-7-9(12)6-11(3,4)5;5-1(6,7)3(11,12)20(16,17)15-21(18,19)4(13,14)2(8,9)10/h9,12H,1,6-7H2,2-5H3;/q+1;-1. The van der Waals surface area contributed by atoms with Crippen molar-refractivity contribution < 1.29 is 79.9 Å². The highest BCUT2D eigenvalue weighted by molar-refractivity contribution is 8.13. The van der Waals surface area contributed by atoms with Gasteiger partial charge in [0.05, 0.1) is 21.1 Å². The summed E-state index contributed by atoms with van der Waals surface area (Å²) in [5, 5.41) is -4.49. The Labute approximate surface area is 193 Å². The molecule has 0 aromatic carbocycles. The van der Waals surface area contributed by atoms with Crippen molar-refractivity contribution in [3.05, 3.63) is 16.3 Å². The van der Waals surface area contributed by atoms with E-state index in [0.29, 0.717) is 20.7 Å². The lowest BCUT2D eigenvalue weighted by Crippen LogP contribution is -2.48. The van der Waals surface area contributed by atoms with Crippen LogP contribution in [0, 0.1) is 0 Å². The fourth-order valence-corrected chi connectivity index (χ4v) is 3.86. The fourth-order valence-electron chi connectivity index (χ4n) is 1.50. The molecular formula is C14H20F10N2O7S2. The number of nitrogens with zero attached hydrogens (tertiary/aromatic N) is 2. The molecule has 1 atom stereocenters. The predicted molar refractivity (Wildman–Crippen MR) is 97.9 cm³/mol. The number of rotatable bonds is 9. The lowest BCUT2D eigenvalue weighted by molar-refractivity contribution is -0.873. The summed E-state index contributed by atoms with van der Waals surface area (Å²) in [6.45, 7) is 5.60. The summed E-state index contributed by atoms with van der Waals surface area (Å²) in [6.07, 6.45) is -14.6. The van der Waals surface area contributed by atoms with E-state index in [0.717, 1.165) is 0 Å². The maximum Gasteiger partial charge on any atom is 0.467 e. The number of alkyl halides is 10. The van der Waals surface area contributed by atoms with Crippen LogP contribution < -0.4 is 0 Å². The topological polar surface area (TPSA) is 129 Å². The van der Waals surface area contributed by atoms with Gasteiger partial charge in [-0.1, -0.05) is 6.58 Å². The smallest absolute Gasteiger partial charge is 0.459 e. The molecule has 1 N–H and O–H groups in total. The minimum absolute atomic E-state index is 0.0290. The number of aliphatic hydroxyl groups excluding tert-OH is 1. The highest BCUT2D eigenvalue weighted by atomic mass is 32.3. The van der Waals surface area contributed by atoms with Crippen LogP contribution in [0.15, 0.2) is 12.2 Å². The number of halogens is 10. The third-order valence-corrected chi connectivity index (χ3v) is 6.35. The minimum atomic E-state index is -7.62. The third-order valence-electron chi connectivity index (χ3n) is 3.02. The summed E-state index contributed by atoms with van der Waals surface area (Å²) in [5.41, 5.74) is 0.349. The lowest BCUT2D eigenvalue weighted by atomic mass is 10.3. The molecule has 0 aliphatic carbocycles. The van der Waals surface area contributed by atoms with Crippen molar-refractivity contribution in [2.24, 2.45) is 0 Å². The van der Waals surface area contributed by atoms with Crippen LogP contribution in [0.5, 0.6) is 0 Å². The molecule has 35 heavy (non-hydrogen) atoms. The van der Waals surface area contributed by atoms with Crippen LogP contribution in [0.25, 0.3) is 4.13 Å². The third kappa shape index (κ3) is 10.1. The molecule has 0 bridgehead atoms. The Kier molecular flexibility index (Phi) is 11.3. The molecule has 0 spiro atoms. The van der Waals surface area contributed by atoms with E-state index in [4.69, 9.17) is 4.74 Å². The van der Waals surface area contributed by atoms with Crippen LogP contribution in [-0.4, -0.2) is 95.7 Å². The van der Waals surface area contributed by atoms with Gasteiger partial charge in [0.25, 0.3) is 0 Å². The Bertz CT molecular complexity index is 915. The van der Waals surface area contributed by atoms with Crippen molar-refractivity contribution in [1.29, 1.82) is 0 Å². The van der Waals surface area contributed by atoms with Gasteiger partial charge in [-0.3, -0.25) is 0 Å². The highest BCUT2D eigenvalue weighted by Gasteiger charge is 2.68. The minimum Gasteiger partial charge on any atom is -0.459 e. The second-order valence-corrected chi connectivity index (χ2v) is 11.1. The molecule has 0 amide bonds. The number of carbonyl (C=O) groups is 1. The average molecular weight is 582 g/mol. The maximum absolute atomic E-state index is 12.3. The van der Waals surface area contributed by atoms with E-state index in [-0.39, 0.29) is 6.61 Å². The molecule has 0 rings (SSSR count). The first-order chi connectivity index (χ1) is 14.9. The van der Waals surface area contributed by atoms with Crippen LogP contribution in [0.3, 0.4) is 0 Å². The predicted octanol–water partition coefficient (Wildman–Crippen LogP) is 2.50. The quantitative estimate of drug-likeness (QED) is 0.192. The van der Waals surface area contributed by atoms with Gasteiger partial charge in [0.1, 0.15) is 19.3 Å². The number of hydrogen-bond donors (Lipinski definition) is 1. The lowest BCUT2D eigenvalue weighted by Gasteiger charge is -2.31. The number of likely N-dealkylation sites (N-methyl/N-ethyl adjacent to an activating group) is 1. The summed E-state index contributed by atoms with van der Waals surface area (Å²) < 4.78 is 167. The Morgan fingerprint density at radius 3 is 1.43 bits per heavy atom. The Balaban J connectivity index is 0. The highest BCUT2D eigenvalue weighted by Crippen LogP contribution is 2.47. The molecular weight excluding hydrogens is 562 g/mol. The second-order valence-electron chi connectivity index (χ2n) is 7.56. The van der Waals surface area contributed by atoms with Gasteiger partial charge in [0, 0.05) is 5.57 Å². The van der Waals surface area contributed by atoms with Crippen molar-refractivity contribution in [3.63, 3.8) is 0 Å². The van der Waals surface area contributed by atoms with E-state index in [9.17, 15) is 70.6 Å². The number of quaternary nitrogens is 1. The monoisotopic (exact) mass is 582 g/mol. The van der Waals surface area contributed by atoms with Crippen molar-refractivity contribution in [2.45, 2.75) is 35.9 Å². The van der Waals surface area contributed by atoms with Crippen molar-refractivity contribution >= 4 is 26.0 Å². The Hall–Kier alpha value is -1.71. The molecule has 21 heteroatoms. The molecule has 0 aliphatic heterocycles. The maximum atomic E-state index is 12.3. The van der Waals surface area contributed by atoms with E-state index in [1.54, 1.807) is 6.92 Å². The van der Waals surface area contributed by atoms with Crippen LogP contribution >= 0.6 is 0 Å². The molecule has 9 nitrogen and oxygen atoms in total. The number of sulfonamides is 2. The molecule has 0 aromatic rings. The molecule has 0 aliphatic rings. The number of aliphatic hydroxyl groups is 1. The first-order valence-corrected chi connectivity index (χ1v) is 11.2. The molecule has 210 valence electrons. The van der Waals surface area contributed by atoms with Gasteiger partial charge in [0.15, 0.2) is 20.0 Å². The normalized spacial score (nSPS) is 15.1. The summed E-state index contributed by atoms with van der Waals surface area (Å²) in [7, 11) is -9.35. The molecule has 0 aromatic heterocycles. The molecule has 0 radical (unpaired) electrons. The summed E-state index contributed by atoms with van der Waals surface area (Å²) in [6, 6.07) is 0. The number of esters is 1. The van der Waals surface area contributed by atoms with Crippen molar-refractivity contribution in [1.82, 2.24) is 0 Å². The number of carbonyl (C=O) groups excluding carboxylic acids is 1. The summed E-state index contributed by atoms with van der Waals surface area (Å²) in [5.74, 6) is -0.453. The zero-order chi connectivity index (χ0) is 29.1. The molecule has 0 saturated heterocycles. The van der Waals surface area contributed by atoms with Crippen LogP contribution in [0.4, 0.5) is 43.9 Å². The van der Waals surface area contributed by atoms with Gasteiger partial charge in [-0.2, -0.15) is 43.9 Å². The van der Waals surface area contributed by atoms with E-state index in [1.165, 1.54) is 0 Å². The Morgan fingerprint density at radius 1 is 0.886 bits per heavy atom. The largest absolute Gasteiger partial charge is 0.467 e. The van der Waals surface area contributed by atoms with Crippen LogP contribution in [0.2, 0.25) is 0 Å². The van der Waals surface area contributed by atoms with Gasteiger partial charge in [0.2, 0.25) is 0 Å². The Morgan fingerprint density at radius 2 is 1.20 bits per heavy atom. The summed E-state index contributed by atoms with van der Waals surface area (Å²) >= 11 is 0. The van der Waals surface area contributed by atoms with Gasteiger partial charge >= 0.3 is 28.8 Å². The zero-order valence-electron chi connectivity index (χ0n) is 18.1. The SMILES string of the molecule is C=C(C)C(=O)OCC(O)C[N+](C)(C)C.O=S(=O)([N-]S(=O)(=O)C(F)(F)C(F)(F)F)C(F)(F)C(F)(F)F. The molecule has 0 saturated carbocycles. The van der Waals surface area contributed by atoms with Gasteiger partial charge in [-0.15, -0.1) is 0 Å². The van der Waals surface area contributed by atoms with Crippen LogP contribution in [0.1, 0.15) is 6.92 Å². The molecule has 0 fully saturated rings. The average Bonchev–Trinajstić information content (AvgIpc) is 2.55.